The first kappa shape index (κ1) is 11.0. The minimum Gasteiger partial charge on any atom is -0.342 e. The van der Waals surface area contributed by atoms with Gasteiger partial charge in [0.15, 0.2) is 0 Å². The maximum absolute atomic E-state index is 12.1. The van der Waals surface area contributed by atoms with Gasteiger partial charge in [0, 0.05) is 18.5 Å². The Hall–Kier alpha value is -0.530. The fourth-order valence-electron chi connectivity index (χ4n) is 2.39. The van der Waals surface area contributed by atoms with E-state index < -0.39 is 0 Å². The zero-order chi connectivity index (χ0) is 11.1. The zero-order valence-corrected chi connectivity index (χ0v) is 10.3. The van der Waals surface area contributed by atoms with Crippen molar-refractivity contribution in [1.82, 2.24) is 4.90 Å². The number of rotatable bonds is 2. The van der Waals surface area contributed by atoms with Crippen LogP contribution in [0.25, 0.3) is 0 Å². The molecule has 86 valence electrons. The van der Waals surface area contributed by atoms with Crippen molar-refractivity contribution in [2.45, 2.75) is 52.9 Å². The van der Waals surface area contributed by atoms with E-state index in [2.05, 4.69) is 25.7 Å². The molecule has 0 atom stereocenters. The lowest BCUT2D eigenvalue weighted by molar-refractivity contribution is -0.138. The molecule has 0 aromatic heterocycles. The molecule has 0 bridgehead atoms. The van der Waals surface area contributed by atoms with E-state index in [9.17, 15) is 4.79 Å². The van der Waals surface area contributed by atoms with E-state index in [1.165, 1.54) is 19.3 Å². The summed E-state index contributed by atoms with van der Waals surface area (Å²) in [5, 5.41) is 0. The molecule has 0 radical (unpaired) electrons. The van der Waals surface area contributed by atoms with E-state index >= 15 is 0 Å². The highest BCUT2D eigenvalue weighted by Gasteiger charge is 2.47. The third-order valence-corrected chi connectivity index (χ3v) is 4.63. The van der Waals surface area contributed by atoms with Gasteiger partial charge >= 0.3 is 0 Å². The summed E-state index contributed by atoms with van der Waals surface area (Å²) in [5.41, 5.74) is 0.515. The fraction of sp³-hybridized carbons (Fsp3) is 0.923. The molecule has 1 amide bonds. The Balaban J connectivity index is 1.91. The topological polar surface area (TPSA) is 20.3 Å². The Kier molecular flexibility index (Phi) is 2.56. The fourth-order valence-corrected chi connectivity index (χ4v) is 2.39. The summed E-state index contributed by atoms with van der Waals surface area (Å²) in [6.45, 7) is 8.70. The Morgan fingerprint density at radius 1 is 1.13 bits per heavy atom. The highest BCUT2D eigenvalue weighted by Crippen LogP contribution is 2.47. The zero-order valence-electron chi connectivity index (χ0n) is 10.3. The lowest BCUT2D eigenvalue weighted by atomic mass is 9.78. The number of hydrogen-bond donors (Lipinski definition) is 0. The second kappa shape index (κ2) is 3.50. The van der Waals surface area contributed by atoms with Crippen molar-refractivity contribution in [2.24, 2.45) is 10.8 Å². The van der Waals surface area contributed by atoms with Crippen LogP contribution in [0.4, 0.5) is 0 Å². The average Bonchev–Trinajstić information content (AvgIpc) is 2.98. The maximum atomic E-state index is 12.1. The third-order valence-electron chi connectivity index (χ3n) is 4.63. The molecular formula is C13H23NO. The number of nitrogens with zero attached hydrogens (tertiary/aromatic N) is 1. The SMILES string of the molecule is CCC1(C)CCN(C(=O)C2(C)CC2)CC1. The van der Waals surface area contributed by atoms with Gasteiger partial charge in [-0.1, -0.05) is 27.2 Å². The predicted molar refractivity (Wildman–Crippen MR) is 61.6 cm³/mol. The van der Waals surface area contributed by atoms with Crippen LogP contribution in [0.3, 0.4) is 0 Å². The summed E-state index contributed by atoms with van der Waals surface area (Å²) >= 11 is 0. The van der Waals surface area contributed by atoms with Gasteiger partial charge in [-0.25, -0.2) is 0 Å². The molecule has 2 heteroatoms. The molecule has 0 unspecified atom stereocenters. The Morgan fingerprint density at radius 3 is 2.07 bits per heavy atom. The molecule has 1 aliphatic heterocycles. The van der Waals surface area contributed by atoms with E-state index in [0.29, 0.717) is 11.3 Å². The first-order chi connectivity index (χ1) is 6.99. The van der Waals surface area contributed by atoms with E-state index in [1.807, 2.05) is 0 Å². The van der Waals surface area contributed by atoms with Crippen LogP contribution in [-0.2, 0) is 4.79 Å². The number of piperidine rings is 1. The average molecular weight is 209 g/mol. The Bertz CT molecular complexity index is 260. The molecule has 2 fully saturated rings. The quantitative estimate of drug-likeness (QED) is 0.685. The number of likely N-dealkylation sites (tertiary alicyclic amines) is 1. The molecule has 1 saturated heterocycles. The summed E-state index contributed by atoms with van der Waals surface area (Å²) in [6.07, 6.45) is 5.82. The minimum absolute atomic E-state index is 0.0277. The van der Waals surface area contributed by atoms with Gasteiger partial charge < -0.3 is 4.90 Å². The van der Waals surface area contributed by atoms with Crippen LogP contribution in [-0.4, -0.2) is 23.9 Å². The molecule has 1 heterocycles. The van der Waals surface area contributed by atoms with Crippen LogP contribution in [0.2, 0.25) is 0 Å². The van der Waals surface area contributed by atoms with Crippen molar-refractivity contribution < 1.29 is 4.79 Å². The molecule has 1 aliphatic carbocycles. The second-order valence-electron chi connectivity index (χ2n) is 6.02. The van der Waals surface area contributed by atoms with Crippen molar-refractivity contribution in [3.05, 3.63) is 0 Å². The molecule has 1 saturated carbocycles. The summed E-state index contributed by atoms with van der Waals surface area (Å²) in [6, 6.07) is 0. The Morgan fingerprint density at radius 2 is 1.67 bits per heavy atom. The highest BCUT2D eigenvalue weighted by atomic mass is 16.2. The molecule has 2 nitrogen and oxygen atoms in total. The normalized spacial score (nSPS) is 27.5. The molecular weight excluding hydrogens is 186 g/mol. The smallest absolute Gasteiger partial charge is 0.228 e. The number of carbonyl (C=O) groups is 1. The molecule has 0 aromatic rings. The van der Waals surface area contributed by atoms with Gasteiger partial charge in [-0.15, -0.1) is 0 Å². The van der Waals surface area contributed by atoms with Crippen LogP contribution >= 0.6 is 0 Å². The van der Waals surface area contributed by atoms with Crippen molar-refractivity contribution in [2.75, 3.05) is 13.1 Å². The maximum Gasteiger partial charge on any atom is 0.228 e. The molecule has 0 aromatic carbocycles. The van der Waals surface area contributed by atoms with Crippen molar-refractivity contribution in [1.29, 1.82) is 0 Å². The van der Waals surface area contributed by atoms with E-state index in [4.69, 9.17) is 0 Å². The van der Waals surface area contributed by atoms with Crippen LogP contribution in [0, 0.1) is 10.8 Å². The summed E-state index contributed by atoms with van der Waals surface area (Å²) in [4.78, 5) is 14.2. The highest BCUT2D eigenvalue weighted by molar-refractivity contribution is 5.84. The molecule has 2 rings (SSSR count). The largest absolute Gasteiger partial charge is 0.342 e. The van der Waals surface area contributed by atoms with Crippen LogP contribution < -0.4 is 0 Å². The third kappa shape index (κ3) is 2.04. The van der Waals surface area contributed by atoms with Crippen LogP contribution in [0.15, 0.2) is 0 Å². The van der Waals surface area contributed by atoms with Gasteiger partial charge in [-0.2, -0.15) is 0 Å². The lowest BCUT2D eigenvalue weighted by Crippen LogP contribution is -2.44. The van der Waals surface area contributed by atoms with E-state index in [-0.39, 0.29) is 5.41 Å². The van der Waals surface area contributed by atoms with Crippen LogP contribution in [0.1, 0.15) is 52.9 Å². The van der Waals surface area contributed by atoms with Gasteiger partial charge in [-0.05, 0) is 31.1 Å². The number of amides is 1. The van der Waals surface area contributed by atoms with Crippen molar-refractivity contribution in [3.8, 4) is 0 Å². The summed E-state index contributed by atoms with van der Waals surface area (Å²) in [5.74, 6) is 0.417. The second-order valence-corrected chi connectivity index (χ2v) is 6.02. The van der Waals surface area contributed by atoms with Gasteiger partial charge in [0.25, 0.3) is 0 Å². The van der Waals surface area contributed by atoms with Crippen molar-refractivity contribution in [3.63, 3.8) is 0 Å². The first-order valence-corrected chi connectivity index (χ1v) is 6.29. The summed E-state index contributed by atoms with van der Waals surface area (Å²) < 4.78 is 0. The molecule has 0 spiro atoms. The van der Waals surface area contributed by atoms with Gasteiger partial charge in [0.05, 0.1) is 0 Å². The number of carbonyl (C=O) groups excluding carboxylic acids is 1. The van der Waals surface area contributed by atoms with Gasteiger partial charge in [0.2, 0.25) is 5.91 Å². The molecule has 15 heavy (non-hydrogen) atoms. The molecule has 0 N–H and O–H groups in total. The summed E-state index contributed by atoms with van der Waals surface area (Å²) in [7, 11) is 0. The van der Waals surface area contributed by atoms with Gasteiger partial charge in [0.1, 0.15) is 0 Å². The van der Waals surface area contributed by atoms with Crippen molar-refractivity contribution >= 4 is 5.91 Å². The Labute approximate surface area is 93.0 Å². The molecule has 2 aliphatic rings. The van der Waals surface area contributed by atoms with Crippen LogP contribution in [0.5, 0.6) is 0 Å². The standard InChI is InChI=1S/C13H23NO/c1-4-12(2)7-9-14(10-8-12)11(15)13(3)5-6-13/h4-10H2,1-3H3. The number of hydrogen-bond acceptors (Lipinski definition) is 1. The predicted octanol–water partition coefficient (Wildman–Crippen LogP) is 2.83. The van der Waals surface area contributed by atoms with E-state index in [0.717, 1.165) is 25.9 Å². The van der Waals surface area contributed by atoms with E-state index in [1.54, 1.807) is 0 Å². The minimum atomic E-state index is 0.0277. The lowest BCUT2D eigenvalue weighted by Gasteiger charge is -2.39. The first-order valence-electron chi connectivity index (χ1n) is 6.29. The monoisotopic (exact) mass is 209 g/mol. The van der Waals surface area contributed by atoms with Gasteiger partial charge in [-0.3, -0.25) is 4.79 Å².